The summed E-state index contributed by atoms with van der Waals surface area (Å²) in [6.45, 7) is 5.23. The van der Waals surface area contributed by atoms with Crippen molar-refractivity contribution < 1.29 is 4.79 Å². The molecule has 0 bridgehead atoms. The number of halogens is 2. The normalized spacial score (nSPS) is 10.6. The van der Waals surface area contributed by atoms with Crippen molar-refractivity contribution in [3.63, 3.8) is 0 Å². The number of nitrogens with one attached hydrogen (secondary N) is 2. The minimum absolute atomic E-state index is 0.130. The molecule has 0 aliphatic rings. The first-order chi connectivity index (χ1) is 8.00. The minimum atomic E-state index is -0.130. The first-order valence-electron chi connectivity index (χ1n) is 5.45. The van der Waals surface area contributed by atoms with E-state index >= 15 is 0 Å². The molecule has 1 amide bonds. The van der Waals surface area contributed by atoms with Crippen LogP contribution in [0.3, 0.4) is 0 Å². The quantitative estimate of drug-likeness (QED) is 0.866. The molecule has 0 heterocycles. The molecule has 0 saturated carbocycles. The molecule has 2 N–H and O–H groups in total. The summed E-state index contributed by atoms with van der Waals surface area (Å²) in [5.41, 5.74) is 0.538. The third-order valence-corrected chi connectivity index (χ3v) is 2.88. The number of benzene rings is 1. The Hall–Kier alpha value is -0.770. The van der Waals surface area contributed by atoms with Gasteiger partial charge in [0.2, 0.25) is 5.91 Å². The summed E-state index contributed by atoms with van der Waals surface area (Å²) in [6.07, 6.45) is 0. The monoisotopic (exact) mass is 274 g/mol. The Bertz CT molecular complexity index is 394. The molecule has 1 aromatic carbocycles. The Kier molecular flexibility index (Phi) is 5.75. The second-order valence-corrected chi connectivity index (χ2v) is 4.96. The van der Waals surface area contributed by atoms with Gasteiger partial charge in [0.25, 0.3) is 0 Å². The molecule has 0 aliphatic carbocycles. The van der Waals surface area contributed by atoms with Crippen molar-refractivity contribution in [2.24, 2.45) is 5.92 Å². The third kappa shape index (κ3) is 4.94. The molecule has 17 heavy (non-hydrogen) atoms. The lowest BCUT2D eigenvalue weighted by Crippen LogP contribution is -2.30. The summed E-state index contributed by atoms with van der Waals surface area (Å²) in [5.74, 6) is 0.382. The van der Waals surface area contributed by atoms with E-state index < -0.39 is 0 Å². The number of carbonyl (C=O) groups is 1. The van der Waals surface area contributed by atoms with E-state index in [1.165, 1.54) is 0 Å². The first-order valence-corrected chi connectivity index (χ1v) is 6.21. The fraction of sp³-hybridized carbons (Fsp3) is 0.417. The van der Waals surface area contributed by atoms with Gasteiger partial charge in [0.1, 0.15) is 0 Å². The van der Waals surface area contributed by atoms with Crippen LogP contribution in [-0.2, 0) is 4.79 Å². The predicted octanol–water partition coefficient (Wildman–Crippen LogP) is 3.18. The van der Waals surface area contributed by atoms with Crippen LogP contribution in [0.4, 0.5) is 5.69 Å². The highest BCUT2D eigenvalue weighted by atomic mass is 35.5. The van der Waals surface area contributed by atoms with E-state index in [0.29, 0.717) is 21.7 Å². The Labute approximate surface area is 111 Å². The molecule has 0 aromatic heterocycles. The predicted molar refractivity (Wildman–Crippen MR) is 72.8 cm³/mol. The number of hydrogen-bond donors (Lipinski definition) is 2. The molecule has 0 saturated heterocycles. The molecular weight excluding hydrogens is 259 g/mol. The molecule has 0 unspecified atom stereocenters. The van der Waals surface area contributed by atoms with Crippen LogP contribution in [0.5, 0.6) is 0 Å². The Morgan fingerprint density at radius 3 is 2.71 bits per heavy atom. The van der Waals surface area contributed by atoms with E-state index in [0.717, 1.165) is 6.54 Å². The molecule has 1 aromatic rings. The van der Waals surface area contributed by atoms with E-state index in [9.17, 15) is 4.79 Å². The third-order valence-electron chi connectivity index (χ3n) is 2.06. The van der Waals surface area contributed by atoms with Crippen LogP contribution in [0.15, 0.2) is 18.2 Å². The fourth-order valence-corrected chi connectivity index (χ4v) is 1.62. The van der Waals surface area contributed by atoms with Crippen LogP contribution in [0.1, 0.15) is 13.8 Å². The van der Waals surface area contributed by atoms with Gasteiger partial charge in [0.15, 0.2) is 0 Å². The maximum absolute atomic E-state index is 11.6. The zero-order chi connectivity index (χ0) is 12.8. The van der Waals surface area contributed by atoms with E-state index in [4.69, 9.17) is 23.2 Å². The number of anilines is 1. The summed E-state index contributed by atoms with van der Waals surface area (Å²) in [5, 5.41) is 6.55. The van der Waals surface area contributed by atoms with Gasteiger partial charge in [-0.1, -0.05) is 43.1 Å². The number of amides is 1. The lowest BCUT2D eigenvalue weighted by molar-refractivity contribution is -0.115. The van der Waals surface area contributed by atoms with Crippen LogP contribution in [-0.4, -0.2) is 19.0 Å². The maximum Gasteiger partial charge on any atom is 0.238 e. The summed E-state index contributed by atoms with van der Waals surface area (Å²) in [7, 11) is 0. The second kappa shape index (κ2) is 6.84. The lowest BCUT2D eigenvalue weighted by atomic mass is 10.2. The Morgan fingerprint density at radius 2 is 2.06 bits per heavy atom. The average Bonchev–Trinajstić information content (AvgIpc) is 2.24. The van der Waals surface area contributed by atoms with Gasteiger partial charge in [0, 0.05) is 0 Å². The SMILES string of the molecule is CC(C)CNCC(=O)Nc1cccc(Cl)c1Cl. The molecule has 0 spiro atoms. The summed E-state index contributed by atoms with van der Waals surface area (Å²) in [4.78, 5) is 11.6. The van der Waals surface area contributed by atoms with Crippen molar-refractivity contribution in [1.82, 2.24) is 5.32 Å². The van der Waals surface area contributed by atoms with Gasteiger partial charge in [-0.25, -0.2) is 0 Å². The Morgan fingerprint density at radius 1 is 1.35 bits per heavy atom. The van der Waals surface area contributed by atoms with E-state index in [2.05, 4.69) is 24.5 Å². The van der Waals surface area contributed by atoms with Gasteiger partial charge < -0.3 is 10.6 Å². The topological polar surface area (TPSA) is 41.1 Å². The number of rotatable bonds is 5. The molecule has 94 valence electrons. The summed E-state index contributed by atoms with van der Waals surface area (Å²) in [6, 6.07) is 5.14. The standard InChI is InChI=1S/C12H16Cl2N2O/c1-8(2)6-15-7-11(17)16-10-5-3-4-9(13)12(10)14/h3-5,8,15H,6-7H2,1-2H3,(H,16,17). The maximum atomic E-state index is 11.6. The van der Waals surface area contributed by atoms with Crippen LogP contribution in [0.25, 0.3) is 0 Å². The van der Waals surface area contributed by atoms with Crippen molar-refractivity contribution in [2.75, 3.05) is 18.4 Å². The van der Waals surface area contributed by atoms with Gasteiger partial charge >= 0.3 is 0 Å². The van der Waals surface area contributed by atoms with Crippen LogP contribution >= 0.6 is 23.2 Å². The highest BCUT2D eigenvalue weighted by molar-refractivity contribution is 6.43. The van der Waals surface area contributed by atoms with Gasteiger partial charge in [0.05, 0.1) is 22.3 Å². The summed E-state index contributed by atoms with van der Waals surface area (Å²) >= 11 is 11.8. The van der Waals surface area contributed by atoms with E-state index in [1.807, 2.05) is 0 Å². The van der Waals surface area contributed by atoms with Crippen molar-refractivity contribution >= 4 is 34.8 Å². The second-order valence-electron chi connectivity index (χ2n) is 4.17. The number of hydrogen-bond acceptors (Lipinski definition) is 2. The lowest BCUT2D eigenvalue weighted by Gasteiger charge is -2.10. The molecule has 1 rings (SSSR count). The smallest absolute Gasteiger partial charge is 0.238 e. The molecule has 5 heteroatoms. The highest BCUT2D eigenvalue weighted by Gasteiger charge is 2.07. The zero-order valence-corrected chi connectivity index (χ0v) is 11.4. The van der Waals surface area contributed by atoms with Gasteiger partial charge in [-0.3, -0.25) is 4.79 Å². The van der Waals surface area contributed by atoms with Gasteiger partial charge in [-0.15, -0.1) is 0 Å². The number of carbonyl (C=O) groups excluding carboxylic acids is 1. The van der Waals surface area contributed by atoms with Crippen molar-refractivity contribution in [3.8, 4) is 0 Å². The van der Waals surface area contributed by atoms with Gasteiger partial charge in [-0.2, -0.15) is 0 Å². The molecule has 0 atom stereocenters. The van der Waals surface area contributed by atoms with E-state index in [-0.39, 0.29) is 12.5 Å². The van der Waals surface area contributed by atoms with Crippen LogP contribution < -0.4 is 10.6 Å². The van der Waals surface area contributed by atoms with Gasteiger partial charge in [-0.05, 0) is 24.6 Å². The zero-order valence-electron chi connectivity index (χ0n) is 9.89. The molecule has 0 fully saturated rings. The van der Waals surface area contributed by atoms with Crippen molar-refractivity contribution in [2.45, 2.75) is 13.8 Å². The minimum Gasteiger partial charge on any atom is -0.324 e. The van der Waals surface area contributed by atoms with Crippen molar-refractivity contribution in [3.05, 3.63) is 28.2 Å². The Balaban J connectivity index is 2.48. The highest BCUT2D eigenvalue weighted by Crippen LogP contribution is 2.29. The first kappa shape index (κ1) is 14.3. The average molecular weight is 275 g/mol. The fourth-order valence-electron chi connectivity index (χ4n) is 1.27. The summed E-state index contributed by atoms with van der Waals surface area (Å²) < 4.78 is 0. The molecule has 0 aliphatic heterocycles. The molecular formula is C12H16Cl2N2O. The van der Waals surface area contributed by atoms with Crippen molar-refractivity contribution in [1.29, 1.82) is 0 Å². The van der Waals surface area contributed by atoms with Crippen LogP contribution in [0, 0.1) is 5.92 Å². The molecule has 3 nitrogen and oxygen atoms in total. The van der Waals surface area contributed by atoms with E-state index in [1.54, 1.807) is 18.2 Å². The largest absolute Gasteiger partial charge is 0.324 e. The van der Waals surface area contributed by atoms with Crippen LogP contribution in [0.2, 0.25) is 10.0 Å². The molecule has 0 radical (unpaired) electrons.